The Morgan fingerprint density at radius 2 is 2.00 bits per heavy atom. The molecule has 1 aromatic carbocycles. The maximum Gasteiger partial charge on any atom is 0.0570 e. The van der Waals surface area contributed by atoms with E-state index in [0.717, 1.165) is 16.9 Å². The van der Waals surface area contributed by atoms with E-state index in [0.29, 0.717) is 6.54 Å². The second-order valence-corrected chi connectivity index (χ2v) is 3.23. The van der Waals surface area contributed by atoms with Crippen molar-refractivity contribution < 1.29 is 0 Å². The van der Waals surface area contributed by atoms with Gasteiger partial charge in [0.25, 0.3) is 0 Å². The van der Waals surface area contributed by atoms with Crippen LogP contribution in [0.5, 0.6) is 0 Å². The van der Waals surface area contributed by atoms with Crippen LogP contribution in [0.4, 0.5) is 11.4 Å². The van der Waals surface area contributed by atoms with Crippen LogP contribution in [0, 0.1) is 0 Å². The molecule has 0 amide bonds. The number of benzene rings is 1. The molecule has 0 aliphatic carbocycles. The molecule has 1 heterocycles. The highest BCUT2D eigenvalue weighted by Gasteiger charge is 1.99. The summed E-state index contributed by atoms with van der Waals surface area (Å²) in [6.45, 7) is 0.531. The normalized spacial score (nSPS) is 9.93. The van der Waals surface area contributed by atoms with Gasteiger partial charge in [0.1, 0.15) is 0 Å². The van der Waals surface area contributed by atoms with Gasteiger partial charge < -0.3 is 11.1 Å². The van der Waals surface area contributed by atoms with Crippen LogP contribution in [-0.4, -0.2) is 4.98 Å². The zero-order valence-corrected chi connectivity index (χ0v) is 8.35. The van der Waals surface area contributed by atoms with Gasteiger partial charge in [-0.05, 0) is 23.8 Å². The minimum atomic E-state index is 0.531. The number of para-hydroxylation sites is 1. The van der Waals surface area contributed by atoms with Crippen molar-refractivity contribution in [2.24, 2.45) is 5.73 Å². The number of nitrogens with zero attached hydrogens (tertiary/aromatic N) is 1. The first-order valence-corrected chi connectivity index (χ1v) is 4.85. The minimum absolute atomic E-state index is 0.531. The third-order valence-electron chi connectivity index (χ3n) is 2.18. The molecule has 0 aliphatic rings. The number of hydrogen-bond acceptors (Lipinski definition) is 3. The molecule has 3 N–H and O–H groups in total. The Hall–Kier alpha value is -1.87. The van der Waals surface area contributed by atoms with Crippen molar-refractivity contribution in [3.63, 3.8) is 0 Å². The molecular formula is C12H13N3. The van der Waals surface area contributed by atoms with Crippen LogP contribution >= 0.6 is 0 Å². The van der Waals surface area contributed by atoms with Gasteiger partial charge >= 0.3 is 0 Å². The van der Waals surface area contributed by atoms with Crippen molar-refractivity contribution >= 4 is 11.4 Å². The van der Waals surface area contributed by atoms with E-state index in [-0.39, 0.29) is 0 Å². The molecule has 2 rings (SSSR count). The predicted molar refractivity (Wildman–Crippen MR) is 61.9 cm³/mol. The van der Waals surface area contributed by atoms with Crippen LogP contribution in [0.25, 0.3) is 0 Å². The molecule has 0 saturated carbocycles. The number of anilines is 2. The monoisotopic (exact) mass is 199 g/mol. The van der Waals surface area contributed by atoms with Gasteiger partial charge in [0, 0.05) is 18.4 Å². The highest BCUT2D eigenvalue weighted by Crippen LogP contribution is 2.19. The summed E-state index contributed by atoms with van der Waals surface area (Å²) >= 11 is 0. The summed E-state index contributed by atoms with van der Waals surface area (Å²) in [4.78, 5) is 4.04. The fourth-order valence-electron chi connectivity index (χ4n) is 1.41. The number of pyridine rings is 1. The number of rotatable bonds is 3. The van der Waals surface area contributed by atoms with Crippen LogP contribution in [0.1, 0.15) is 5.56 Å². The zero-order chi connectivity index (χ0) is 10.5. The van der Waals surface area contributed by atoms with Crippen molar-refractivity contribution in [3.8, 4) is 0 Å². The maximum atomic E-state index is 5.65. The number of nitrogens with two attached hydrogens (primary N) is 1. The van der Waals surface area contributed by atoms with Gasteiger partial charge in [-0.15, -0.1) is 0 Å². The van der Waals surface area contributed by atoms with Gasteiger partial charge in [0.2, 0.25) is 0 Å². The lowest BCUT2D eigenvalue weighted by Gasteiger charge is -2.09. The molecule has 0 fully saturated rings. The molecule has 3 nitrogen and oxygen atoms in total. The third-order valence-corrected chi connectivity index (χ3v) is 2.18. The summed E-state index contributed by atoms with van der Waals surface area (Å²) < 4.78 is 0. The molecule has 0 saturated heterocycles. The summed E-state index contributed by atoms with van der Waals surface area (Å²) in [6, 6.07) is 11.9. The number of aromatic nitrogens is 1. The second-order valence-electron chi connectivity index (χ2n) is 3.23. The summed E-state index contributed by atoms with van der Waals surface area (Å²) in [5.41, 5.74) is 8.75. The van der Waals surface area contributed by atoms with Gasteiger partial charge in [-0.25, -0.2) is 0 Å². The SMILES string of the molecule is NCc1ccccc1Nc1cccnc1. The Bertz CT molecular complexity index is 426. The Kier molecular flexibility index (Phi) is 2.95. The molecule has 0 aliphatic heterocycles. The van der Waals surface area contributed by atoms with E-state index in [1.807, 2.05) is 36.4 Å². The zero-order valence-electron chi connectivity index (χ0n) is 8.35. The molecule has 1 aromatic heterocycles. The molecule has 0 radical (unpaired) electrons. The van der Waals surface area contributed by atoms with E-state index in [1.165, 1.54) is 0 Å². The molecule has 3 heteroatoms. The maximum absolute atomic E-state index is 5.65. The van der Waals surface area contributed by atoms with E-state index in [1.54, 1.807) is 12.4 Å². The van der Waals surface area contributed by atoms with Gasteiger partial charge in [0.15, 0.2) is 0 Å². The average molecular weight is 199 g/mol. The Balaban J connectivity index is 2.24. The Morgan fingerprint density at radius 3 is 2.73 bits per heavy atom. The summed E-state index contributed by atoms with van der Waals surface area (Å²) in [6.07, 6.45) is 3.54. The standard InChI is InChI=1S/C12H13N3/c13-8-10-4-1-2-6-12(10)15-11-5-3-7-14-9-11/h1-7,9,15H,8,13H2. The Morgan fingerprint density at radius 1 is 1.13 bits per heavy atom. The topological polar surface area (TPSA) is 50.9 Å². The van der Waals surface area contributed by atoms with Gasteiger partial charge in [0.05, 0.1) is 11.9 Å². The van der Waals surface area contributed by atoms with Crippen LogP contribution in [0.15, 0.2) is 48.8 Å². The number of nitrogens with one attached hydrogen (secondary N) is 1. The minimum Gasteiger partial charge on any atom is -0.354 e. The Labute approximate surface area is 89.0 Å². The van der Waals surface area contributed by atoms with E-state index >= 15 is 0 Å². The van der Waals surface area contributed by atoms with E-state index in [9.17, 15) is 0 Å². The summed E-state index contributed by atoms with van der Waals surface area (Å²) in [7, 11) is 0. The van der Waals surface area contributed by atoms with E-state index in [2.05, 4.69) is 10.3 Å². The molecule has 0 atom stereocenters. The van der Waals surface area contributed by atoms with Crippen LogP contribution in [0.3, 0.4) is 0 Å². The predicted octanol–water partition coefficient (Wildman–Crippen LogP) is 2.28. The first kappa shape index (κ1) is 9.68. The summed E-state index contributed by atoms with van der Waals surface area (Å²) in [5.74, 6) is 0. The largest absolute Gasteiger partial charge is 0.354 e. The van der Waals surface area contributed by atoms with E-state index < -0.39 is 0 Å². The molecular weight excluding hydrogens is 186 g/mol. The average Bonchev–Trinajstić information content (AvgIpc) is 2.31. The molecule has 15 heavy (non-hydrogen) atoms. The van der Waals surface area contributed by atoms with E-state index in [4.69, 9.17) is 5.73 Å². The lowest BCUT2D eigenvalue weighted by atomic mass is 10.2. The first-order chi connectivity index (χ1) is 7.40. The lowest BCUT2D eigenvalue weighted by molar-refractivity contribution is 1.07. The van der Waals surface area contributed by atoms with Crippen molar-refractivity contribution in [1.29, 1.82) is 0 Å². The molecule has 2 aromatic rings. The molecule has 0 unspecified atom stereocenters. The third kappa shape index (κ3) is 2.33. The fourth-order valence-corrected chi connectivity index (χ4v) is 1.41. The van der Waals surface area contributed by atoms with Crippen molar-refractivity contribution in [2.45, 2.75) is 6.54 Å². The second kappa shape index (κ2) is 4.57. The summed E-state index contributed by atoms with van der Waals surface area (Å²) in [5, 5.41) is 3.28. The lowest BCUT2D eigenvalue weighted by Crippen LogP contribution is -2.01. The van der Waals surface area contributed by atoms with Crippen molar-refractivity contribution in [2.75, 3.05) is 5.32 Å². The van der Waals surface area contributed by atoms with Crippen LogP contribution in [-0.2, 0) is 6.54 Å². The van der Waals surface area contributed by atoms with Crippen molar-refractivity contribution in [3.05, 3.63) is 54.4 Å². The smallest absolute Gasteiger partial charge is 0.0570 e. The van der Waals surface area contributed by atoms with Gasteiger partial charge in [-0.2, -0.15) is 0 Å². The highest BCUT2D eigenvalue weighted by molar-refractivity contribution is 5.62. The molecule has 0 bridgehead atoms. The number of hydrogen-bond donors (Lipinski definition) is 2. The van der Waals surface area contributed by atoms with Crippen molar-refractivity contribution in [1.82, 2.24) is 4.98 Å². The molecule has 0 spiro atoms. The van der Waals surface area contributed by atoms with Gasteiger partial charge in [-0.3, -0.25) is 4.98 Å². The first-order valence-electron chi connectivity index (χ1n) is 4.85. The van der Waals surface area contributed by atoms with Gasteiger partial charge in [-0.1, -0.05) is 18.2 Å². The highest BCUT2D eigenvalue weighted by atomic mass is 14.9. The fraction of sp³-hybridized carbons (Fsp3) is 0.0833. The van der Waals surface area contributed by atoms with Crippen LogP contribution < -0.4 is 11.1 Å². The quantitative estimate of drug-likeness (QED) is 0.797. The van der Waals surface area contributed by atoms with Crippen LogP contribution in [0.2, 0.25) is 0 Å². The molecule has 76 valence electrons.